The van der Waals surface area contributed by atoms with Crippen molar-refractivity contribution < 1.29 is 9.59 Å². The number of hydrogen-bond donors (Lipinski definition) is 2. The van der Waals surface area contributed by atoms with Crippen LogP contribution in [0.2, 0.25) is 0 Å². The number of carbonyl (C=O) groups is 2. The lowest BCUT2D eigenvalue weighted by Crippen LogP contribution is -2.14. The molecular formula is C28H24N2O2. The maximum atomic E-state index is 12.2. The van der Waals surface area contributed by atoms with E-state index in [-0.39, 0.29) is 11.8 Å². The van der Waals surface area contributed by atoms with E-state index in [1.165, 1.54) is 0 Å². The van der Waals surface area contributed by atoms with Crippen molar-refractivity contribution in [2.75, 3.05) is 10.6 Å². The molecule has 158 valence electrons. The number of anilines is 2. The first-order valence-corrected chi connectivity index (χ1v) is 10.5. The molecule has 4 nitrogen and oxygen atoms in total. The highest BCUT2D eigenvalue weighted by Gasteiger charge is 2.06. The molecule has 0 aliphatic carbocycles. The third kappa shape index (κ3) is 5.92. The summed E-state index contributed by atoms with van der Waals surface area (Å²) < 4.78 is 0. The van der Waals surface area contributed by atoms with Gasteiger partial charge in [0.25, 0.3) is 0 Å². The lowest BCUT2D eigenvalue weighted by molar-refractivity contribution is -0.116. The van der Waals surface area contributed by atoms with Gasteiger partial charge in [0.15, 0.2) is 0 Å². The first kappa shape index (κ1) is 21.1. The van der Waals surface area contributed by atoms with Gasteiger partial charge in [-0.25, -0.2) is 0 Å². The number of rotatable bonds is 7. The summed E-state index contributed by atoms with van der Waals surface area (Å²) in [7, 11) is 0. The number of hydrogen-bond acceptors (Lipinski definition) is 2. The van der Waals surface area contributed by atoms with Crippen LogP contribution in [0.4, 0.5) is 11.4 Å². The molecule has 0 spiro atoms. The zero-order valence-corrected chi connectivity index (χ0v) is 17.6. The Kier molecular flexibility index (Phi) is 6.73. The van der Waals surface area contributed by atoms with Gasteiger partial charge in [-0.2, -0.15) is 0 Å². The molecule has 0 saturated heterocycles. The highest BCUT2D eigenvalue weighted by molar-refractivity contribution is 5.93. The molecule has 4 rings (SSSR count). The molecular weight excluding hydrogens is 396 g/mol. The van der Waals surface area contributed by atoms with E-state index in [4.69, 9.17) is 0 Å². The fourth-order valence-electron chi connectivity index (χ4n) is 3.46. The molecule has 4 aromatic carbocycles. The van der Waals surface area contributed by atoms with Gasteiger partial charge >= 0.3 is 0 Å². The standard InChI is InChI=1S/C28H24N2O2/c31-27(19-21-7-3-1-4-8-21)29-25-15-11-23(12-16-25)24-13-17-26(18-14-24)30-28(32)20-22-9-5-2-6-10-22/h1-18H,19-20H2,(H,29,31)(H,30,32). The molecule has 0 aliphatic heterocycles. The number of amides is 2. The third-order valence-corrected chi connectivity index (χ3v) is 5.09. The smallest absolute Gasteiger partial charge is 0.228 e. The molecule has 0 aliphatic rings. The van der Waals surface area contributed by atoms with Gasteiger partial charge in [-0.1, -0.05) is 84.9 Å². The van der Waals surface area contributed by atoms with Gasteiger partial charge in [0, 0.05) is 11.4 Å². The monoisotopic (exact) mass is 420 g/mol. The minimum absolute atomic E-state index is 0.0421. The molecule has 0 bridgehead atoms. The normalized spacial score (nSPS) is 10.4. The van der Waals surface area contributed by atoms with Gasteiger partial charge in [0.05, 0.1) is 12.8 Å². The van der Waals surface area contributed by atoms with E-state index in [0.717, 1.165) is 33.6 Å². The Bertz CT molecular complexity index is 1070. The van der Waals surface area contributed by atoms with Crippen LogP contribution >= 0.6 is 0 Å². The minimum Gasteiger partial charge on any atom is -0.326 e. The van der Waals surface area contributed by atoms with Gasteiger partial charge in [-0.15, -0.1) is 0 Å². The Labute approximate surface area is 187 Å². The Balaban J connectivity index is 1.32. The molecule has 2 amide bonds. The van der Waals surface area contributed by atoms with E-state index in [2.05, 4.69) is 10.6 Å². The van der Waals surface area contributed by atoms with E-state index in [0.29, 0.717) is 12.8 Å². The van der Waals surface area contributed by atoms with E-state index in [9.17, 15) is 9.59 Å². The maximum absolute atomic E-state index is 12.2. The SMILES string of the molecule is O=C(Cc1ccccc1)Nc1ccc(-c2ccc(NC(=O)Cc3ccccc3)cc2)cc1. The molecule has 0 aromatic heterocycles. The van der Waals surface area contributed by atoms with Crippen LogP contribution in [0.25, 0.3) is 11.1 Å². The first-order valence-electron chi connectivity index (χ1n) is 10.5. The second kappa shape index (κ2) is 10.2. The summed E-state index contributed by atoms with van der Waals surface area (Å²) in [6.45, 7) is 0. The Morgan fingerprint density at radius 2 is 0.812 bits per heavy atom. The lowest BCUT2D eigenvalue weighted by Gasteiger charge is -2.09. The summed E-state index contributed by atoms with van der Waals surface area (Å²) in [4.78, 5) is 24.5. The summed E-state index contributed by atoms with van der Waals surface area (Å²) >= 11 is 0. The van der Waals surface area contributed by atoms with Crippen LogP contribution in [0.3, 0.4) is 0 Å². The largest absolute Gasteiger partial charge is 0.326 e. The second-order valence-electron chi connectivity index (χ2n) is 7.58. The number of nitrogens with one attached hydrogen (secondary N) is 2. The van der Waals surface area contributed by atoms with Crippen LogP contribution in [0.5, 0.6) is 0 Å². The van der Waals surface area contributed by atoms with Gasteiger partial charge in [0.2, 0.25) is 11.8 Å². The van der Waals surface area contributed by atoms with Crippen molar-refractivity contribution in [3.8, 4) is 11.1 Å². The molecule has 0 atom stereocenters. The quantitative estimate of drug-likeness (QED) is 0.402. The van der Waals surface area contributed by atoms with E-state index < -0.39 is 0 Å². The second-order valence-corrected chi connectivity index (χ2v) is 7.58. The van der Waals surface area contributed by atoms with Crippen molar-refractivity contribution in [3.05, 3.63) is 120 Å². The van der Waals surface area contributed by atoms with Crippen molar-refractivity contribution >= 4 is 23.2 Å². The van der Waals surface area contributed by atoms with Crippen LogP contribution < -0.4 is 10.6 Å². The van der Waals surface area contributed by atoms with Gasteiger partial charge in [-0.3, -0.25) is 9.59 Å². The molecule has 32 heavy (non-hydrogen) atoms. The molecule has 4 heteroatoms. The van der Waals surface area contributed by atoms with Crippen LogP contribution in [-0.4, -0.2) is 11.8 Å². The lowest BCUT2D eigenvalue weighted by atomic mass is 10.0. The predicted octanol–water partition coefficient (Wildman–Crippen LogP) is 5.72. The van der Waals surface area contributed by atoms with Crippen molar-refractivity contribution in [1.82, 2.24) is 0 Å². The van der Waals surface area contributed by atoms with Gasteiger partial charge in [-0.05, 0) is 46.5 Å². The average Bonchev–Trinajstić information content (AvgIpc) is 2.81. The number of benzene rings is 4. The predicted molar refractivity (Wildman–Crippen MR) is 129 cm³/mol. The topological polar surface area (TPSA) is 58.2 Å². The van der Waals surface area contributed by atoms with E-state index >= 15 is 0 Å². The Hall–Kier alpha value is -4.18. The molecule has 0 unspecified atom stereocenters. The van der Waals surface area contributed by atoms with E-state index in [1.54, 1.807) is 0 Å². The van der Waals surface area contributed by atoms with Crippen molar-refractivity contribution in [2.45, 2.75) is 12.8 Å². The molecule has 0 heterocycles. The molecule has 0 fully saturated rings. The molecule has 0 saturated carbocycles. The molecule has 2 N–H and O–H groups in total. The number of carbonyl (C=O) groups excluding carboxylic acids is 2. The summed E-state index contributed by atoms with van der Waals surface area (Å²) in [5.74, 6) is -0.0842. The molecule has 4 aromatic rings. The fourth-order valence-corrected chi connectivity index (χ4v) is 3.46. The van der Waals surface area contributed by atoms with Crippen molar-refractivity contribution in [3.63, 3.8) is 0 Å². The highest BCUT2D eigenvalue weighted by Crippen LogP contribution is 2.23. The van der Waals surface area contributed by atoms with Crippen LogP contribution in [0.15, 0.2) is 109 Å². The first-order chi connectivity index (χ1) is 15.7. The summed E-state index contributed by atoms with van der Waals surface area (Å²) in [6.07, 6.45) is 0.695. The van der Waals surface area contributed by atoms with Crippen LogP contribution in [0.1, 0.15) is 11.1 Å². The Morgan fingerprint density at radius 3 is 1.16 bits per heavy atom. The van der Waals surface area contributed by atoms with Crippen LogP contribution in [0, 0.1) is 0 Å². The van der Waals surface area contributed by atoms with Crippen LogP contribution in [-0.2, 0) is 22.4 Å². The average molecular weight is 421 g/mol. The summed E-state index contributed by atoms with van der Waals surface area (Å²) in [6, 6.07) is 34.8. The van der Waals surface area contributed by atoms with Crippen molar-refractivity contribution in [1.29, 1.82) is 0 Å². The van der Waals surface area contributed by atoms with Gasteiger partial charge in [0.1, 0.15) is 0 Å². The summed E-state index contributed by atoms with van der Waals surface area (Å²) in [5, 5.41) is 5.87. The Morgan fingerprint density at radius 1 is 0.469 bits per heavy atom. The minimum atomic E-state index is -0.0421. The zero-order chi connectivity index (χ0) is 22.2. The van der Waals surface area contributed by atoms with Crippen molar-refractivity contribution in [2.24, 2.45) is 0 Å². The van der Waals surface area contributed by atoms with E-state index in [1.807, 2.05) is 109 Å². The highest BCUT2D eigenvalue weighted by atomic mass is 16.2. The zero-order valence-electron chi connectivity index (χ0n) is 17.6. The molecule has 0 radical (unpaired) electrons. The fraction of sp³-hybridized carbons (Fsp3) is 0.0714. The maximum Gasteiger partial charge on any atom is 0.228 e. The van der Waals surface area contributed by atoms with Gasteiger partial charge < -0.3 is 10.6 Å². The summed E-state index contributed by atoms with van der Waals surface area (Å²) in [5.41, 5.74) is 5.57. The third-order valence-electron chi connectivity index (χ3n) is 5.09.